The largest absolute Gasteiger partial charge is 0.418 e. The molecule has 4 N–H and O–H groups in total. The van der Waals surface area contributed by atoms with Crippen LogP contribution in [0.5, 0.6) is 0 Å². The summed E-state index contributed by atoms with van der Waals surface area (Å²) in [6, 6.07) is -2.26. The summed E-state index contributed by atoms with van der Waals surface area (Å²) in [6.07, 6.45) is 2.19. The molecule has 0 aromatic carbocycles. The van der Waals surface area contributed by atoms with Crippen LogP contribution in [0.15, 0.2) is 0 Å². The van der Waals surface area contributed by atoms with Gasteiger partial charge in [0.05, 0.1) is 12.0 Å². The molecule has 13 heteroatoms. The first-order valence-corrected chi connectivity index (χ1v) is 9.70. The second kappa shape index (κ2) is 7.34. The number of amides is 4. The summed E-state index contributed by atoms with van der Waals surface area (Å²) in [4.78, 5) is 37.8. The van der Waals surface area contributed by atoms with Crippen molar-refractivity contribution < 1.29 is 31.6 Å². The molecule has 146 valence electrons. The molecule has 0 aliphatic carbocycles. The lowest BCUT2D eigenvalue weighted by molar-refractivity contribution is -0.133. The number of rotatable bonds is 4. The average molecular weight is 391 g/mol. The average Bonchev–Trinajstić information content (AvgIpc) is 2.84. The third-order valence-corrected chi connectivity index (χ3v) is 5.13. The molecule has 3 heterocycles. The lowest BCUT2D eigenvalue weighted by atomic mass is 9.99. The first-order valence-electron chi connectivity index (χ1n) is 8.33. The highest BCUT2D eigenvalue weighted by Crippen LogP contribution is 2.30. The number of carbonyl (C=O) groups is 3. The minimum absolute atomic E-state index is 0.0902. The molecule has 0 saturated carbocycles. The molecule has 0 unspecified atom stereocenters. The van der Waals surface area contributed by atoms with Crippen LogP contribution in [0.25, 0.3) is 0 Å². The fourth-order valence-electron chi connectivity index (χ4n) is 3.49. The maximum absolute atomic E-state index is 12.3. The third kappa shape index (κ3) is 4.06. The highest BCUT2D eigenvalue weighted by atomic mass is 32.3. The number of hydroxylamine groups is 2. The first-order chi connectivity index (χ1) is 12.3. The summed E-state index contributed by atoms with van der Waals surface area (Å²) in [7, 11) is -4.84. The molecule has 3 fully saturated rings. The smallest absolute Gasteiger partial charge is 0.316 e. The van der Waals surface area contributed by atoms with Crippen molar-refractivity contribution in [3.8, 4) is 0 Å². The Hall–Kier alpha value is -1.96. The SMILES string of the molecule is O=C(NNC(=O)[C@@H]1CC[C@@H]2CN1C(=O)N2OS(=O)(=O)O)[C@@H]1CCCNC1. The van der Waals surface area contributed by atoms with E-state index in [0.717, 1.165) is 24.3 Å². The van der Waals surface area contributed by atoms with Crippen LogP contribution in [0.1, 0.15) is 25.7 Å². The molecule has 0 spiro atoms. The van der Waals surface area contributed by atoms with Crippen LogP contribution in [0, 0.1) is 5.92 Å². The van der Waals surface area contributed by atoms with Crippen molar-refractivity contribution in [3.05, 3.63) is 0 Å². The van der Waals surface area contributed by atoms with Gasteiger partial charge in [-0.1, -0.05) is 0 Å². The van der Waals surface area contributed by atoms with Crippen LogP contribution in [-0.4, -0.2) is 72.5 Å². The Balaban J connectivity index is 1.56. The van der Waals surface area contributed by atoms with Gasteiger partial charge in [0.2, 0.25) is 5.91 Å². The predicted octanol–water partition coefficient (Wildman–Crippen LogP) is -1.86. The Kier molecular flexibility index (Phi) is 5.32. The Labute approximate surface area is 150 Å². The van der Waals surface area contributed by atoms with Crippen LogP contribution < -0.4 is 16.2 Å². The minimum atomic E-state index is -4.84. The van der Waals surface area contributed by atoms with Crippen LogP contribution in [0.4, 0.5) is 4.79 Å². The second-order valence-electron chi connectivity index (χ2n) is 6.53. The van der Waals surface area contributed by atoms with E-state index in [2.05, 4.69) is 20.5 Å². The highest BCUT2D eigenvalue weighted by Gasteiger charge is 2.49. The maximum Gasteiger partial charge on any atom is 0.418 e. The summed E-state index contributed by atoms with van der Waals surface area (Å²) < 4.78 is 34.8. The van der Waals surface area contributed by atoms with E-state index < -0.39 is 34.4 Å². The molecular formula is C13H21N5O7S. The number of hydrogen-bond acceptors (Lipinski definition) is 7. The molecule has 3 rings (SSSR count). The van der Waals surface area contributed by atoms with Gasteiger partial charge in [-0.05, 0) is 32.2 Å². The fourth-order valence-corrected chi connectivity index (χ4v) is 3.88. The summed E-state index contributed by atoms with van der Waals surface area (Å²) in [5.41, 5.74) is 4.70. The number of hydrogen-bond donors (Lipinski definition) is 4. The number of nitrogens with zero attached hydrogens (tertiary/aromatic N) is 2. The monoisotopic (exact) mass is 391 g/mol. The number of nitrogens with one attached hydrogen (secondary N) is 3. The first kappa shape index (κ1) is 18.8. The quantitative estimate of drug-likeness (QED) is 0.321. The van der Waals surface area contributed by atoms with Gasteiger partial charge in [-0.3, -0.25) is 25.0 Å². The number of hydrazine groups is 1. The van der Waals surface area contributed by atoms with E-state index in [1.807, 2.05) is 0 Å². The molecular weight excluding hydrogens is 370 g/mol. The number of fused-ring (bicyclic) bond motifs is 2. The Morgan fingerprint density at radius 1 is 1.19 bits per heavy atom. The van der Waals surface area contributed by atoms with Gasteiger partial charge < -0.3 is 10.2 Å². The maximum atomic E-state index is 12.3. The van der Waals surface area contributed by atoms with Crippen LogP contribution in [-0.2, 0) is 24.3 Å². The Morgan fingerprint density at radius 3 is 2.58 bits per heavy atom. The summed E-state index contributed by atoms with van der Waals surface area (Å²) >= 11 is 0. The third-order valence-electron chi connectivity index (χ3n) is 4.78. The zero-order valence-electron chi connectivity index (χ0n) is 13.9. The van der Waals surface area contributed by atoms with Crippen LogP contribution in [0.3, 0.4) is 0 Å². The lowest BCUT2D eigenvalue weighted by Crippen LogP contribution is -2.55. The van der Waals surface area contributed by atoms with Gasteiger partial charge in [0.15, 0.2) is 0 Å². The van der Waals surface area contributed by atoms with Gasteiger partial charge in [-0.15, -0.1) is 4.28 Å². The van der Waals surface area contributed by atoms with Crippen molar-refractivity contribution in [3.63, 3.8) is 0 Å². The Morgan fingerprint density at radius 2 is 1.92 bits per heavy atom. The van der Waals surface area contributed by atoms with Crippen molar-refractivity contribution in [1.82, 2.24) is 26.1 Å². The second-order valence-corrected chi connectivity index (χ2v) is 7.54. The molecule has 12 nitrogen and oxygen atoms in total. The van der Waals surface area contributed by atoms with Gasteiger partial charge in [-0.25, -0.2) is 4.79 Å². The molecule has 3 saturated heterocycles. The van der Waals surface area contributed by atoms with E-state index in [4.69, 9.17) is 4.55 Å². The molecule has 26 heavy (non-hydrogen) atoms. The lowest BCUT2D eigenvalue weighted by Gasteiger charge is -2.29. The van der Waals surface area contributed by atoms with Gasteiger partial charge in [-0.2, -0.15) is 13.5 Å². The molecule has 0 radical (unpaired) electrons. The van der Waals surface area contributed by atoms with Crippen molar-refractivity contribution in [1.29, 1.82) is 0 Å². The van der Waals surface area contributed by atoms with Gasteiger partial charge in [0.25, 0.3) is 5.91 Å². The van der Waals surface area contributed by atoms with Crippen molar-refractivity contribution in [2.45, 2.75) is 37.8 Å². The summed E-state index contributed by atoms with van der Waals surface area (Å²) in [5.74, 6) is -1.10. The summed E-state index contributed by atoms with van der Waals surface area (Å²) in [6.45, 7) is 1.49. The summed E-state index contributed by atoms with van der Waals surface area (Å²) in [5, 5.41) is 3.67. The minimum Gasteiger partial charge on any atom is -0.316 e. The zero-order valence-corrected chi connectivity index (χ0v) is 14.7. The highest BCUT2D eigenvalue weighted by molar-refractivity contribution is 7.80. The van der Waals surface area contributed by atoms with Crippen molar-refractivity contribution >= 4 is 28.2 Å². The van der Waals surface area contributed by atoms with Gasteiger partial charge in [0, 0.05) is 13.1 Å². The topological polar surface area (TPSA) is 157 Å². The molecule has 3 atom stereocenters. The molecule has 3 aliphatic rings. The van der Waals surface area contributed by atoms with Gasteiger partial charge in [0.1, 0.15) is 6.04 Å². The van der Waals surface area contributed by atoms with E-state index in [0.29, 0.717) is 18.0 Å². The standard InChI is InChI=1S/C13H21N5O7S/c19-11(8-2-1-5-14-6-8)15-16-12(20)10-4-3-9-7-17(10)13(21)18(9)25-26(22,23)24/h8-10,14H,1-7H2,(H,15,19)(H,16,20)(H,22,23,24)/t8-,9-,10+/m1/s1. The number of urea groups is 1. The van der Waals surface area contributed by atoms with Crippen LogP contribution in [0.2, 0.25) is 0 Å². The fraction of sp³-hybridized carbons (Fsp3) is 0.769. The predicted molar refractivity (Wildman–Crippen MR) is 85.3 cm³/mol. The normalized spacial score (nSPS) is 28.8. The molecule has 4 amide bonds. The molecule has 0 aromatic heterocycles. The van der Waals surface area contributed by atoms with E-state index in [9.17, 15) is 22.8 Å². The Bertz CT molecular complexity index is 693. The number of piperidine rings is 2. The molecule has 0 aromatic rings. The number of carbonyl (C=O) groups excluding carboxylic acids is 3. The van der Waals surface area contributed by atoms with E-state index in [1.54, 1.807) is 0 Å². The van der Waals surface area contributed by atoms with Crippen molar-refractivity contribution in [2.24, 2.45) is 5.92 Å². The van der Waals surface area contributed by atoms with Crippen molar-refractivity contribution in [2.75, 3.05) is 19.6 Å². The molecule has 2 bridgehead atoms. The van der Waals surface area contributed by atoms with Crippen LogP contribution >= 0.6 is 0 Å². The van der Waals surface area contributed by atoms with E-state index >= 15 is 0 Å². The van der Waals surface area contributed by atoms with Gasteiger partial charge >= 0.3 is 16.4 Å². The van der Waals surface area contributed by atoms with E-state index in [-0.39, 0.29) is 24.8 Å². The molecule has 3 aliphatic heterocycles. The zero-order chi connectivity index (χ0) is 18.9. The van der Waals surface area contributed by atoms with E-state index in [1.165, 1.54) is 0 Å².